The van der Waals surface area contributed by atoms with Crippen LogP contribution in [0.4, 0.5) is 0 Å². The molecule has 5 heteroatoms. The van der Waals surface area contributed by atoms with Gasteiger partial charge in [-0.1, -0.05) is 23.7 Å². The summed E-state index contributed by atoms with van der Waals surface area (Å²) in [4.78, 5) is 15.9. The van der Waals surface area contributed by atoms with Crippen molar-refractivity contribution in [3.8, 4) is 0 Å². The van der Waals surface area contributed by atoms with Crippen molar-refractivity contribution in [3.05, 3.63) is 56.7 Å². The van der Waals surface area contributed by atoms with Crippen LogP contribution in [0.15, 0.2) is 35.7 Å². The number of nitrogens with one attached hydrogen (secondary N) is 1. The summed E-state index contributed by atoms with van der Waals surface area (Å²) in [6, 6.07) is 10.0. The lowest BCUT2D eigenvalue weighted by Gasteiger charge is -2.32. The molecule has 2 heterocycles. The maximum absolute atomic E-state index is 12.2. The van der Waals surface area contributed by atoms with Crippen molar-refractivity contribution in [2.75, 3.05) is 13.1 Å². The second-order valence-electron chi connectivity index (χ2n) is 5.60. The highest BCUT2D eigenvalue weighted by Crippen LogP contribution is 2.32. The van der Waals surface area contributed by atoms with Crippen molar-refractivity contribution in [1.82, 2.24) is 10.2 Å². The van der Waals surface area contributed by atoms with Gasteiger partial charge in [0.25, 0.3) is 0 Å². The summed E-state index contributed by atoms with van der Waals surface area (Å²) in [5.74, 6) is 0.0699. The van der Waals surface area contributed by atoms with E-state index in [1.807, 2.05) is 35.6 Å². The molecule has 0 unspecified atom stereocenters. The van der Waals surface area contributed by atoms with E-state index >= 15 is 0 Å². The lowest BCUT2D eigenvalue weighted by Crippen LogP contribution is -2.41. The summed E-state index contributed by atoms with van der Waals surface area (Å²) in [6.45, 7) is 4.12. The van der Waals surface area contributed by atoms with Crippen LogP contribution in [0.3, 0.4) is 0 Å². The van der Waals surface area contributed by atoms with E-state index in [9.17, 15) is 4.79 Å². The van der Waals surface area contributed by atoms with Gasteiger partial charge < -0.3 is 5.32 Å². The number of rotatable bonds is 4. The van der Waals surface area contributed by atoms with E-state index in [1.54, 1.807) is 0 Å². The van der Waals surface area contributed by atoms with E-state index in [-0.39, 0.29) is 5.91 Å². The Morgan fingerprint density at radius 2 is 2.14 bits per heavy atom. The zero-order chi connectivity index (χ0) is 15.5. The molecule has 0 saturated carbocycles. The third kappa shape index (κ3) is 3.51. The number of nitrogens with zero attached hydrogens (tertiary/aromatic N) is 1. The first-order valence-corrected chi connectivity index (χ1v) is 8.70. The van der Waals surface area contributed by atoms with Crippen LogP contribution < -0.4 is 5.32 Å². The Hall–Kier alpha value is -1.36. The van der Waals surface area contributed by atoms with Gasteiger partial charge in [0.15, 0.2) is 0 Å². The summed E-state index contributed by atoms with van der Waals surface area (Å²) in [7, 11) is 0. The highest BCUT2D eigenvalue weighted by molar-refractivity contribution is 7.10. The maximum Gasteiger partial charge on any atom is 0.234 e. The number of thiophene rings is 1. The Kier molecular flexibility index (Phi) is 4.81. The first kappa shape index (κ1) is 15.5. The van der Waals surface area contributed by atoms with E-state index in [1.165, 1.54) is 10.4 Å². The minimum Gasteiger partial charge on any atom is -0.351 e. The minimum atomic E-state index is 0.0699. The number of hydrogen-bond acceptors (Lipinski definition) is 3. The number of hydrogen-bond donors (Lipinski definition) is 1. The number of carbonyl (C=O) groups excluding carboxylic acids is 1. The summed E-state index contributed by atoms with van der Waals surface area (Å²) in [6.07, 6.45) is 1.04. The third-order valence-electron chi connectivity index (χ3n) is 4.15. The van der Waals surface area contributed by atoms with Gasteiger partial charge in [0.05, 0.1) is 6.54 Å². The molecule has 0 fully saturated rings. The molecule has 116 valence electrons. The number of carbonyl (C=O) groups is 1. The molecular weight excluding hydrogens is 316 g/mol. The van der Waals surface area contributed by atoms with E-state index < -0.39 is 0 Å². The molecule has 3 nitrogen and oxygen atoms in total. The molecule has 3 rings (SSSR count). The van der Waals surface area contributed by atoms with Gasteiger partial charge in [0.2, 0.25) is 5.91 Å². The molecule has 1 aromatic heterocycles. The van der Waals surface area contributed by atoms with Gasteiger partial charge in [-0.2, -0.15) is 0 Å². The minimum absolute atomic E-state index is 0.0699. The maximum atomic E-state index is 12.2. The molecule has 0 radical (unpaired) electrons. The zero-order valence-corrected chi connectivity index (χ0v) is 14.1. The first-order valence-electron chi connectivity index (χ1n) is 7.45. The fraction of sp³-hybridized carbons (Fsp3) is 0.353. The van der Waals surface area contributed by atoms with Crippen LogP contribution >= 0.6 is 22.9 Å². The molecule has 1 atom stereocenters. The molecular formula is C17H19ClN2OS. The molecule has 1 aliphatic rings. The van der Waals surface area contributed by atoms with Crippen LogP contribution in [0.5, 0.6) is 0 Å². The van der Waals surface area contributed by atoms with E-state index in [0.29, 0.717) is 24.2 Å². The Bertz CT molecular complexity index is 653. The van der Waals surface area contributed by atoms with Crippen molar-refractivity contribution >= 4 is 28.8 Å². The fourth-order valence-corrected chi connectivity index (χ4v) is 3.91. The molecule has 1 amide bonds. The van der Waals surface area contributed by atoms with Crippen LogP contribution in [-0.4, -0.2) is 23.9 Å². The molecule has 1 aromatic carbocycles. The van der Waals surface area contributed by atoms with Crippen molar-refractivity contribution in [2.45, 2.75) is 25.9 Å². The lowest BCUT2D eigenvalue weighted by atomic mass is 10.0. The van der Waals surface area contributed by atoms with Gasteiger partial charge in [0, 0.05) is 29.0 Å². The predicted octanol–water partition coefficient (Wildman–Crippen LogP) is 3.64. The highest BCUT2D eigenvalue weighted by atomic mass is 35.5. The number of amides is 1. The molecule has 1 N–H and O–H groups in total. The number of halogens is 1. The van der Waals surface area contributed by atoms with E-state index in [2.05, 4.69) is 28.6 Å². The Morgan fingerprint density at radius 3 is 2.91 bits per heavy atom. The second-order valence-corrected chi connectivity index (χ2v) is 7.04. The van der Waals surface area contributed by atoms with Crippen LogP contribution in [-0.2, 0) is 17.8 Å². The largest absolute Gasteiger partial charge is 0.351 e. The smallest absolute Gasteiger partial charge is 0.234 e. The average Bonchev–Trinajstić information content (AvgIpc) is 2.99. The fourth-order valence-electron chi connectivity index (χ4n) is 2.82. The molecule has 0 spiro atoms. The van der Waals surface area contributed by atoms with Crippen LogP contribution in [0.2, 0.25) is 5.02 Å². The van der Waals surface area contributed by atoms with E-state index in [4.69, 9.17) is 11.6 Å². The van der Waals surface area contributed by atoms with Crippen molar-refractivity contribution in [3.63, 3.8) is 0 Å². The topological polar surface area (TPSA) is 32.3 Å². The van der Waals surface area contributed by atoms with Crippen LogP contribution in [0.1, 0.15) is 29.0 Å². The summed E-state index contributed by atoms with van der Waals surface area (Å²) in [5.41, 5.74) is 2.44. The molecule has 1 aliphatic heterocycles. The van der Waals surface area contributed by atoms with Gasteiger partial charge in [-0.3, -0.25) is 9.69 Å². The zero-order valence-electron chi connectivity index (χ0n) is 12.5. The predicted molar refractivity (Wildman–Crippen MR) is 91.3 cm³/mol. The van der Waals surface area contributed by atoms with Gasteiger partial charge >= 0.3 is 0 Å². The van der Waals surface area contributed by atoms with E-state index in [0.717, 1.165) is 18.5 Å². The van der Waals surface area contributed by atoms with Crippen molar-refractivity contribution in [2.24, 2.45) is 0 Å². The van der Waals surface area contributed by atoms with Crippen molar-refractivity contribution in [1.29, 1.82) is 0 Å². The van der Waals surface area contributed by atoms with Crippen molar-refractivity contribution < 1.29 is 4.79 Å². The quantitative estimate of drug-likeness (QED) is 0.925. The summed E-state index contributed by atoms with van der Waals surface area (Å²) < 4.78 is 0. The van der Waals surface area contributed by atoms with Gasteiger partial charge in [-0.15, -0.1) is 11.3 Å². The molecule has 0 bridgehead atoms. The molecule has 2 aromatic rings. The SMILES string of the molecule is C[C@H]1c2ccsc2CCN1CC(=O)NCc1ccc(Cl)cc1. The second kappa shape index (κ2) is 6.82. The van der Waals surface area contributed by atoms with Crippen LogP contribution in [0, 0.1) is 0 Å². The Morgan fingerprint density at radius 1 is 1.36 bits per heavy atom. The summed E-state index contributed by atoms with van der Waals surface area (Å²) >= 11 is 7.68. The monoisotopic (exact) mass is 334 g/mol. The first-order chi connectivity index (χ1) is 10.6. The van der Waals surface area contributed by atoms with Gasteiger partial charge in [-0.25, -0.2) is 0 Å². The Balaban J connectivity index is 1.53. The summed E-state index contributed by atoms with van der Waals surface area (Å²) in [5, 5.41) is 5.84. The average molecular weight is 335 g/mol. The molecule has 22 heavy (non-hydrogen) atoms. The molecule has 0 aliphatic carbocycles. The standard InChI is InChI=1S/C17H19ClN2OS/c1-12-15-7-9-22-16(15)6-8-20(12)11-17(21)19-10-13-2-4-14(18)5-3-13/h2-5,7,9,12H,6,8,10-11H2,1H3,(H,19,21)/t12-/m0/s1. The molecule has 0 saturated heterocycles. The van der Waals surface area contributed by atoms with Gasteiger partial charge in [0.1, 0.15) is 0 Å². The van der Waals surface area contributed by atoms with Gasteiger partial charge in [-0.05, 0) is 48.1 Å². The highest BCUT2D eigenvalue weighted by Gasteiger charge is 2.25. The van der Waals surface area contributed by atoms with Crippen LogP contribution in [0.25, 0.3) is 0 Å². The lowest BCUT2D eigenvalue weighted by molar-refractivity contribution is -0.123. The Labute approximate surface area is 139 Å². The normalized spacial score (nSPS) is 18.0. The number of fused-ring (bicyclic) bond motifs is 1. The third-order valence-corrected chi connectivity index (χ3v) is 5.40. The number of benzene rings is 1.